The monoisotopic (exact) mass is 426 g/mol. The van der Waals surface area contributed by atoms with Crippen molar-refractivity contribution < 1.29 is 23.9 Å². The number of benzene rings is 2. The van der Waals surface area contributed by atoms with Gasteiger partial charge in [-0.25, -0.2) is 5.43 Å². The van der Waals surface area contributed by atoms with Crippen LogP contribution in [0.1, 0.15) is 25.8 Å². The minimum absolute atomic E-state index is 0.111. The number of nitrogens with zero attached hydrogens (tertiary/aromatic N) is 1. The summed E-state index contributed by atoms with van der Waals surface area (Å²) in [6, 6.07) is 13.7. The number of methoxy groups -OCH3 is 1. The minimum Gasteiger partial charge on any atom is -0.497 e. The molecule has 0 saturated heterocycles. The summed E-state index contributed by atoms with van der Waals surface area (Å²) in [6.07, 6.45) is 2.05. The third-order valence-corrected chi connectivity index (χ3v) is 4.22. The lowest BCUT2D eigenvalue weighted by Gasteiger charge is -2.10. The zero-order chi connectivity index (χ0) is 22.6. The number of carbonyl (C=O) groups is 3. The van der Waals surface area contributed by atoms with Crippen LogP contribution in [0.4, 0.5) is 5.69 Å². The van der Waals surface area contributed by atoms with Gasteiger partial charge in [-0.1, -0.05) is 19.1 Å². The average Bonchev–Trinajstić information content (AvgIpc) is 2.78. The maximum Gasteiger partial charge on any atom is 0.329 e. The molecule has 0 spiro atoms. The summed E-state index contributed by atoms with van der Waals surface area (Å²) in [5, 5.41) is 9.06. The molecule has 0 heterocycles. The summed E-state index contributed by atoms with van der Waals surface area (Å²) in [5.74, 6) is -0.881. The Kier molecular flexibility index (Phi) is 9.03. The number of nitrogens with one attached hydrogen (secondary N) is 3. The van der Waals surface area contributed by atoms with Gasteiger partial charge in [-0.3, -0.25) is 14.4 Å². The number of hydrazone groups is 1. The van der Waals surface area contributed by atoms with Crippen molar-refractivity contribution in [3.8, 4) is 11.5 Å². The zero-order valence-corrected chi connectivity index (χ0v) is 17.7. The van der Waals surface area contributed by atoms with Crippen molar-refractivity contribution in [1.82, 2.24) is 10.7 Å². The highest BCUT2D eigenvalue weighted by Crippen LogP contribution is 2.17. The SMILES string of the molecule is CC[C@@H](C)NC(=O)C(=O)N/N=C\c1ccccc1OCC(=O)Nc1ccc(OC)cc1. The van der Waals surface area contributed by atoms with Crippen molar-refractivity contribution in [1.29, 1.82) is 0 Å². The first-order valence-electron chi connectivity index (χ1n) is 9.72. The van der Waals surface area contributed by atoms with Gasteiger partial charge in [-0.05, 0) is 49.7 Å². The number of carbonyl (C=O) groups excluding carboxylic acids is 3. The van der Waals surface area contributed by atoms with E-state index >= 15 is 0 Å². The van der Waals surface area contributed by atoms with E-state index in [1.54, 1.807) is 62.6 Å². The van der Waals surface area contributed by atoms with E-state index in [1.807, 2.05) is 6.92 Å². The van der Waals surface area contributed by atoms with Crippen molar-refractivity contribution in [2.45, 2.75) is 26.3 Å². The van der Waals surface area contributed by atoms with Crippen LogP contribution in [0.25, 0.3) is 0 Å². The molecule has 31 heavy (non-hydrogen) atoms. The van der Waals surface area contributed by atoms with Gasteiger partial charge in [-0.2, -0.15) is 5.10 Å². The molecule has 0 saturated carbocycles. The van der Waals surface area contributed by atoms with Gasteiger partial charge in [0.1, 0.15) is 11.5 Å². The number of hydrogen-bond donors (Lipinski definition) is 3. The molecule has 1 atom stereocenters. The third kappa shape index (κ3) is 7.81. The Balaban J connectivity index is 1.89. The molecule has 3 N–H and O–H groups in total. The second-order valence-electron chi connectivity index (χ2n) is 6.59. The average molecular weight is 426 g/mol. The van der Waals surface area contributed by atoms with Crippen LogP contribution in [0.3, 0.4) is 0 Å². The van der Waals surface area contributed by atoms with E-state index in [2.05, 4.69) is 21.2 Å². The molecular formula is C22H26N4O5. The van der Waals surface area contributed by atoms with Gasteiger partial charge < -0.3 is 20.1 Å². The molecule has 2 aromatic carbocycles. The smallest absolute Gasteiger partial charge is 0.329 e. The molecule has 2 rings (SSSR count). The fourth-order valence-corrected chi connectivity index (χ4v) is 2.34. The highest BCUT2D eigenvalue weighted by Gasteiger charge is 2.14. The van der Waals surface area contributed by atoms with Crippen LogP contribution in [0.2, 0.25) is 0 Å². The summed E-state index contributed by atoms with van der Waals surface area (Å²) < 4.78 is 10.6. The molecule has 0 aliphatic carbocycles. The Morgan fingerprint density at radius 1 is 1.06 bits per heavy atom. The molecule has 9 nitrogen and oxygen atoms in total. The Morgan fingerprint density at radius 3 is 2.45 bits per heavy atom. The number of hydrogen-bond acceptors (Lipinski definition) is 6. The van der Waals surface area contributed by atoms with Gasteiger partial charge in [-0.15, -0.1) is 0 Å². The van der Waals surface area contributed by atoms with Crippen LogP contribution in [-0.4, -0.2) is 43.7 Å². The number of amides is 3. The lowest BCUT2D eigenvalue weighted by molar-refractivity contribution is -0.139. The molecule has 0 aliphatic rings. The minimum atomic E-state index is -0.867. The maximum atomic E-state index is 12.1. The van der Waals surface area contributed by atoms with Gasteiger partial charge >= 0.3 is 11.8 Å². The first-order valence-corrected chi connectivity index (χ1v) is 9.72. The molecule has 0 aromatic heterocycles. The quantitative estimate of drug-likeness (QED) is 0.322. The van der Waals surface area contributed by atoms with Crippen LogP contribution in [0, 0.1) is 0 Å². The highest BCUT2D eigenvalue weighted by atomic mass is 16.5. The van der Waals surface area contributed by atoms with Gasteiger partial charge in [0.05, 0.1) is 13.3 Å². The van der Waals surface area contributed by atoms with Gasteiger partial charge in [0.15, 0.2) is 6.61 Å². The van der Waals surface area contributed by atoms with Crippen LogP contribution in [0.5, 0.6) is 11.5 Å². The van der Waals surface area contributed by atoms with Crippen molar-refractivity contribution in [2.24, 2.45) is 5.10 Å². The van der Waals surface area contributed by atoms with Crippen molar-refractivity contribution >= 4 is 29.6 Å². The summed E-state index contributed by atoms with van der Waals surface area (Å²) in [5.41, 5.74) is 3.31. The van der Waals surface area contributed by atoms with E-state index in [-0.39, 0.29) is 18.6 Å². The number of ether oxygens (including phenoxy) is 2. The zero-order valence-electron chi connectivity index (χ0n) is 17.7. The molecular weight excluding hydrogens is 400 g/mol. The first kappa shape index (κ1) is 23.4. The van der Waals surface area contributed by atoms with Gasteiger partial charge in [0.2, 0.25) is 0 Å². The summed E-state index contributed by atoms with van der Waals surface area (Å²) >= 11 is 0. The van der Waals surface area contributed by atoms with E-state index in [9.17, 15) is 14.4 Å². The highest BCUT2D eigenvalue weighted by molar-refractivity contribution is 6.35. The molecule has 0 radical (unpaired) electrons. The third-order valence-electron chi connectivity index (χ3n) is 4.22. The maximum absolute atomic E-state index is 12.1. The molecule has 0 aliphatic heterocycles. The lowest BCUT2D eigenvalue weighted by atomic mass is 10.2. The van der Waals surface area contributed by atoms with Gasteiger partial charge in [0.25, 0.3) is 5.91 Å². The normalized spacial score (nSPS) is 11.5. The van der Waals surface area contributed by atoms with Crippen LogP contribution < -0.4 is 25.5 Å². The van der Waals surface area contributed by atoms with Crippen LogP contribution >= 0.6 is 0 Å². The molecule has 0 bridgehead atoms. The summed E-state index contributed by atoms with van der Waals surface area (Å²) in [7, 11) is 1.56. The largest absolute Gasteiger partial charge is 0.497 e. The first-order chi connectivity index (χ1) is 14.9. The molecule has 9 heteroatoms. The molecule has 3 amide bonds. The predicted molar refractivity (Wildman–Crippen MR) is 117 cm³/mol. The second-order valence-corrected chi connectivity index (χ2v) is 6.59. The fourth-order valence-electron chi connectivity index (χ4n) is 2.34. The Morgan fingerprint density at radius 2 is 1.77 bits per heavy atom. The van der Waals surface area contributed by atoms with E-state index in [4.69, 9.17) is 9.47 Å². The van der Waals surface area contributed by atoms with E-state index in [1.165, 1.54) is 6.21 Å². The predicted octanol–water partition coefficient (Wildman–Crippen LogP) is 2.08. The van der Waals surface area contributed by atoms with Crippen LogP contribution in [0.15, 0.2) is 53.6 Å². The summed E-state index contributed by atoms with van der Waals surface area (Å²) in [4.78, 5) is 35.6. The van der Waals surface area contributed by atoms with Gasteiger partial charge in [0, 0.05) is 17.3 Å². The fraction of sp³-hybridized carbons (Fsp3) is 0.273. The Hall–Kier alpha value is -3.88. The molecule has 2 aromatic rings. The van der Waals surface area contributed by atoms with E-state index < -0.39 is 11.8 Å². The molecule has 164 valence electrons. The molecule has 0 unspecified atom stereocenters. The summed E-state index contributed by atoms with van der Waals surface area (Å²) in [6.45, 7) is 3.47. The van der Waals surface area contributed by atoms with Crippen molar-refractivity contribution in [2.75, 3.05) is 19.0 Å². The van der Waals surface area contributed by atoms with Crippen molar-refractivity contribution in [3.05, 3.63) is 54.1 Å². The Bertz CT molecular complexity index is 928. The molecule has 0 fully saturated rings. The lowest BCUT2D eigenvalue weighted by Crippen LogP contribution is -2.41. The van der Waals surface area contributed by atoms with E-state index in [0.29, 0.717) is 29.2 Å². The number of rotatable bonds is 9. The standard InChI is InChI=1S/C22H26N4O5/c1-4-15(2)24-21(28)22(29)26-23-13-16-7-5-6-8-19(16)31-14-20(27)25-17-9-11-18(30-3)12-10-17/h5-13,15H,4,14H2,1-3H3,(H,24,28)(H,25,27)(H,26,29)/b23-13-/t15-/m1/s1. The second kappa shape index (κ2) is 12.0. The van der Waals surface area contributed by atoms with E-state index in [0.717, 1.165) is 0 Å². The van der Waals surface area contributed by atoms with Crippen LogP contribution in [-0.2, 0) is 14.4 Å². The Labute approximate surface area is 180 Å². The number of para-hydroxylation sites is 1. The van der Waals surface area contributed by atoms with Crippen molar-refractivity contribution in [3.63, 3.8) is 0 Å². The topological polar surface area (TPSA) is 118 Å². The number of anilines is 1.